The van der Waals surface area contributed by atoms with Crippen LogP contribution in [-0.4, -0.2) is 44.0 Å². The maximum Gasteiger partial charge on any atom is 0.435 e. The van der Waals surface area contributed by atoms with Gasteiger partial charge < -0.3 is 4.90 Å². The van der Waals surface area contributed by atoms with Crippen molar-refractivity contribution in [1.82, 2.24) is 14.7 Å². The van der Waals surface area contributed by atoms with Crippen molar-refractivity contribution in [3.8, 4) is 0 Å². The number of piperidine rings is 1. The molecule has 0 amide bonds. The highest BCUT2D eigenvalue weighted by molar-refractivity contribution is 7.86. The van der Waals surface area contributed by atoms with Gasteiger partial charge in [0.2, 0.25) is 0 Å². The molecule has 1 aromatic rings. The second-order valence-electron chi connectivity index (χ2n) is 5.82. The van der Waals surface area contributed by atoms with Gasteiger partial charge in [-0.15, -0.1) is 0 Å². The molecule has 1 aromatic heterocycles. The monoisotopic (exact) mass is 341 g/mol. The fraction of sp³-hybridized carbons (Fsp3) is 0.769. The summed E-state index contributed by atoms with van der Waals surface area (Å²) in [7, 11) is 0.947. The van der Waals surface area contributed by atoms with Gasteiger partial charge in [-0.3, -0.25) is 4.68 Å². The summed E-state index contributed by atoms with van der Waals surface area (Å²) in [5.74, 6) is -0.450. The Morgan fingerprint density at radius 2 is 1.77 bits per heavy atom. The molecule has 0 aromatic carbocycles. The number of halogens is 4. The first kappa shape index (κ1) is 17.4. The minimum Gasteiger partial charge on any atom is -0.306 e. The fourth-order valence-electron chi connectivity index (χ4n) is 2.64. The van der Waals surface area contributed by atoms with E-state index in [0.717, 1.165) is 4.68 Å². The van der Waals surface area contributed by atoms with E-state index in [4.69, 9.17) is 0 Å². The third kappa shape index (κ3) is 3.34. The van der Waals surface area contributed by atoms with Crippen molar-refractivity contribution in [2.75, 3.05) is 20.1 Å². The highest BCUT2D eigenvalue weighted by Gasteiger charge is 2.44. The molecular formula is C13H19F4N3OS. The Bertz CT molecular complexity index is 562. The van der Waals surface area contributed by atoms with E-state index in [1.165, 1.54) is 14.0 Å². The van der Waals surface area contributed by atoms with E-state index in [9.17, 15) is 17.4 Å². The molecule has 1 aliphatic heterocycles. The molecule has 0 saturated carbocycles. The second kappa shape index (κ2) is 5.92. The van der Waals surface area contributed by atoms with Crippen molar-refractivity contribution < 1.29 is 21.8 Å². The van der Waals surface area contributed by atoms with E-state index in [1.54, 1.807) is 0 Å². The Hall–Kier alpha value is -0.960. The third-order valence-electron chi connectivity index (χ3n) is 4.13. The summed E-state index contributed by atoms with van der Waals surface area (Å²) in [6.45, 7) is 2.57. The lowest BCUT2D eigenvalue weighted by Gasteiger charge is -2.35. The van der Waals surface area contributed by atoms with Crippen LogP contribution >= 0.6 is 0 Å². The molecule has 0 spiro atoms. The minimum absolute atomic E-state index is 0.240. The summed E-state index contributed by atoms with van der Waals surface area (Å²) >= 11 is 0. The molecule has 2 rings (SSSR count). The molecule has 2 atom stereocenters. The van der Waals surface area contributed by atoms with Crippen molar-refractivity contribution >= 4 is 10.8 Å². The van der Waals surface area contributed by atoms with E-state index in [-0.39, 0.29) is 5.03 Å². The SMILES string of the molecule is CN1CCC([C@](C)(F)S(=O)c2cc(C(F)(F)F)nn2C)CC1. The topological polar surface area (TPSA) is 38.1 Å². The highest BCUT2D eigenvalue weighted by atomic mass is 32.2. The van der Waals surface area contributed by atoms with Crippen LogP contribution in [0.2, 0.25) is 0 Å². The molecule has 0 radical (unpaired) electrons. The average Bonchev–Trinajstić information content (AvgIpc) is 2.80. The van der Waals surface area contributed by atoms with Gasteiger partial charge >= 0.3 is 6.18 Å². The Kier molecular flexibility index (Phi) is 4.68. The van der Waals surface area contributed by atoms with E-state index in [0.29, 0.717) is 32.0 Å². The number of aryl methyl sites for hydroxylation is 1. The van der Waals surface area contributed by atoms with Crippen molar-refractivity contribution in [3.05, 3.63) is 11.8 Å². The van der Waals surface area contributed by atoms with Crippen LogP contribution in [-0.2, 0) is 24.0 Å². The lowest BCUT2D eigenvalue weighted by molar-refractivity contribution is -0.141. The van der Waals surface area contributed by atoms with Crippen molar-refractivity contribution in [1.29, 1.82) is 0 Å². The predicted octanol–water partition coefficient (Wildman–Crippen LogP) is 2.57. The zero-order valence-electron chi connectivity index (χ0n) is 12.7. The standard InChI is InChI=1S/C13H19F4N3OS/c1-12(14,9-4-6-19(2)7-5-9)22(21)11-8-10(13(15,16)17)18-20(11)3/h8-9H,4-7H2,1-3H3/t12-,22?/m1/s1. The van der Waals surface area contributed by atoms with Gasteiger partial charge in [-0.1, -0.05) is 0 Å². The second-order valence-corrected chi connectivity index (χ2v) is 7.58. The van der Waals surface area contributed by atoms with Gasteiger partial charge in [-0.05, 0) is 39.9 Å². The largest absolute Gasteiger partial charge is 0.435 e. The predicted molar refractivity (Wildman–Crippen MR) is 74.4 cm³/mol. The van der Waals surface area contributed by atoms with Gasteiger partial charge in [0.05, 0.1) is 0 Å². The maximum absolute atomic E-state index is 15.0. The number of hydrogen-bond donors (Lipinski definition) is 0. The summed E-state index contributed by atoms with van der Waals surface area (Å²) in [6, 6.07) is 0.670. The lowest BCUT2D eigenvalue weighted by Crippen LogP contribution is -2.42. The number of hydrogen-bond acceptors (Lipinski definition) is 3. The molecule has 9 heteroatoms. The molecule has 1 fully saturated rings. The normalized spacial score (nSPS) is 22.5. The van der Waals surface area contributed by atoms with Gasteiger partial charge in [0.1, 0.15) is 15.8 Å². The smallest absolute Gasteiger partial charge is 0.306 e. The summed E-state index contributed by atoms with van der Waals surface area (Å²) in [5, 5.41) is 0.972. The zero-order valence-corrected chi connectivity index (χ0v) is 13.5. The zero-order chi connectivity index (χ0) is 16.7. The van der Waals surface area contributed by atoms with Gasteiger partial charge in [0.25, 0.3) is 0 Å². The number of rotatable bonds is 3. The van der Waals surface area contributed by atoms with Crippen molar-refractivity contribution in [2.45, 2.75) is 36.0 Å². The van der Waals surface area contributed by atoms with Crippen LogP contribution < -0.4 is 0 Å². The Balaban J connectivity index is 2.25. The molecule has 126 valence electrons. The number of nitrogens with zero attached hydrogens (tertiary/aromatic N) is 3. The van der Waals surface area contributed by atoms with E-state index < -0.39 is 33.6 Å². The molecule has 1 unspecified atom stereocenters. The molecule has 1 saturated heterocycles. The third-order valence-corrected chi connectivity index (χ3v) is 5.95. The van der Waals surface area contributed by atoms with E-state index in [1.807, 2.05) is 11.9 Å². The van der Waals surface area contributed by atoms with E-state index in [2.05, 4.69) is 5.10 Å². The summed E-state index contributed by atoms with van der Waals surface area (Å²) in [5.41, 5.74) is -1.16. The first-order valence-corrected chi connectivity index (χ1v) is 8.09. The molecule has 4 nitrogen and oxygen atoms in total. The van der Waals surface area contributed by atoms with Crippen LogP contribution in [0, 0.1) is 5.92 Å². The Morgan fingerprint density at radius 3 is 2.23 bits per heavy atom. The summed E-state index contributed by atoms with van der Waals surface area (Å²) in [6.07, 6.45) is -3.58. The van der Waals surface area contributed by atoms with Crippen LogP contribution in [0.3, 0.4) is 0 Å². The first-order chi connectivity index (χ1) is 10.0. The van der Waals surface area contributed by atoms with Crippen LogP contribution in [0.1, 0.15) is 25.5 Å². The Morgan fingerprint density at radius 1 is 1.23 bits per heavy atom. The number of aromatic nitrogens is 2. The molecule has 0 N–H and O–H groups in total. The molecule has 0 aliphatic carbocycles. The van der Waals surface area contributed by atoms with Crippen LogP contribution in [0.25, 0.3) is 0 Å². The van der Waals surface area contributed by atoms with Crippen LogP contribution in [0.5, 0.6) is 0 Å². The molecule has 0 bridgehead atoms. The number of alkyl halides is 4. The lowest BCUT2D eigenvalue weighted by atomic mass is 9.93. The maximum atomic E-state index is 15.0. The van der Waals surface area contributed by atoms with Crippen molar-refractivity contribution in [3.63, 3.8) is 0 Å². The quantitative estimate of drug-likeness (QED) is 0.793. The highest BCUT2D eigenvalue weighted by Crippen LogP contribution is 2.38. The van der Waals surface area contributed by atoms with Gasteiger partial charge in [0, 0.05) is 19.0 Å². The van der Waals surface area contributed by atoms with Gasteiger partial charge in [-0.2, -0.15) is 18.3 Å². The minimum atomic E-state index is -4.64. The van der Waals surface area contributed by atoms with Crippen molar-refractivity contribution in [2.24, 2.45) is 13.0 Å². The average molecular weight is 341 g/mol. The summed E-state index contributed by atoms with van der Waals surface area (Å²) in [4.78, 5) is 2.04. The van der Waals surface area contributed by atoms with Crippen LogP contribution in [0.4, 0.5) is 17.6 Å². The molecule has 22 heavy (non-hydrogen) atoms. The first-order valence-electron chi connectivity index (χ1n) is 6.94. The molecule has 2 heterocycles. The molecule has 1 aliphatic rings. The Labute approximate surface area is 128 Å². The molecular weight excluding hydrogens is 322 g/mol. The van der Waals surface area contributed by atoms with E-state index >= 15 is 4.39 Å². The van der Waals surface area contributed by atoms with Gasteiger partial charge in [-0.25, -0.2) is 8.60 Å². The van der Waals surface area contributed by atoms with Gasteiger partial charge in [0.15, 0.2) is 10.7 Å². The fourth-order valence-corrected chi connectivity index (χ4v) is 4.09. The summed E-state index contributed by atoms with van der Waals surface area (Å²) < 4.78 is 66.4. The number of likely N-dealkylation sites (tertiary alicyclic amines) is 1. The van der Waals surface area contributed by atoms with Crippen LogP contribution in [0.15, 0.2) is 11.1 Å².